The second-order valence-electron chi connectivity index (χ2n) is 2.16. The number of para-hydroxylation sites is 1. The summed E-state index contributed by atoms with van der Waals surface area (Å²) in [7, 11) is -5.03. The van der Waals surface area contributed by atoms with E-state index in [1.807, 2.05) is 0 Å². The van der Waals surface area contributed by atoms with Crippen molar-refractivity contribution in [3.63, 3.8) is 0 Å². The zero-order chi connectivity index (χ0) is 9.84. The lowest BCUT2D eigenvalue weighted by molar-refractivity contribution is 0.461. The smallest absolute Gasteiger partial charge is 0.291 e. The summed E-state index contributed by atoms with van der Waals surface area (Å²) in [6.07, 6.45) is 0. The van der Waals surface area contributed by atoms with Crippen molar-refractivity contribution in [1.29, 1.82) is 0 Å². The molecule has 0 amide bonds. The van der Waals surface area contributed by atoms with Crippen molar-refractivity contribution in [1.82, 2.24) is 0 Å². The summed E-state index contributed by atoms with van der Waals surface area (Å²) in [5, 5.41) is 0. The number of anilines is 1. The zero-order valence-electron chi connectivity index (χ0n) is 6.52. The van der Waals surface area contributed by atoms with Crippen LogP contribution in [0.5, 0.6) is 0 Å². The second kappa shape index (κ2) is 4.82. The van der Waals surface area contributed by atoms with Crippen LogP contribution in [0.3, 0.4) is 0 Å². The number of benzene rings is 1. The molecule has 4 N–H and O–H groups in total. The van der Waals surface area contributed by atoms with Crippen LogP contribution in [0.1, 0.15) is 0 Å². The van der Waals surface area contributed by atoms with Gasteiger partial charge in [0.1, 0.15) is 0 Å². The summed E-state index contributed by atoms with van der Waals surface area (Å²) in [5.74, 6) is 0. The maximum absolute atomic E-state index is 8.88. The summed E-state index contributed by atoms with van der Waals surface area (Å²) in [5.41, 5.74) is 0.370. The van der Waals surface area contributed by atoms with Gasteiger partial charge in [0.15, 0.2) is 0 Å². The van der Waals surface area contributed by atoms with E-state index >= 15 is 0 Å². The number of nitrogens with zero attached hydrogens (tertiary/aromatic N) is 1. The van der Waals surface area contributed by atoms with Gasteiger partial charge in [0.2, 0.25) is 0 Å². The van der Waals surface area contributed by atoms with E-state index in [4.69, 9.17) is 19.6 Å². The standard InChI is InChI=1S/C6H9NO4P2/c8-12(9)7(13(10)11)6-4-2-1-3-5-6/h1-5,8-11H. The summed E-state index contributed by atoms with van der Waals surface area (Å²) in [4.78, 5) is 35.5. The van der Waals surface area contributed by atoms with Crippen molar-refractivity contribution in [2.24, 2.45) is 0 Å². The minimum atomic E-state index is -2.52. The molecule has 0 aliphatic carbocycles. The molecular weight excluding hydrogens is 212 g/mol. The fourth-order valence-electron chi connectivity index (χ4n) is 0.839. The van der Waals surface area contributed by atoms with Gasteiger partial charge in [0.05, 0.1) is 5.69 Å². The van der Waals surface area contributed by atoms with Crippen molar-refractivity contribution in [2.75, 3.05) is 4.44 Å². The minimum absolute atomic E-state index is 0.370. The third kappa shape index (κ3) is 2.85. The largest absolute Gasteiger partial charge is 0.333 e. The molecule has 0 saturated carbocycles. The third-order valence-electron chi connectivity index (χ3n) is 1.33. The van der Waals surface area contributed by atoms with Crippen LogP contribution in [0.25, 0.3) is 0 Å². The Morgan fingerprint density at radius 1 is 0.846 bits per heavy atom. The molecule has 0 fully saturated rings. The molecule has 5 nitrogen and oxygen atoms in total. The maximum Gasteiger partial charge on any atom is 0.291 e. The van der Waals surface area contributed by atoms with Crippen LogP contribution >= 0.6 is 17.1 Å². The SMILES string of the molecule is OP(O)N(c1ccccc1)P(O)O. The predicted octanol–water partition coefficient (Wildman–Crippen LogP) is 0.916. The zero-order valence-corrected chi connectivity index (χ0v) is 8.31. The highest BCUT2D eigenvalue weighted by Gasteiger charge is 2.22. The molecule has 0 aliphatic heterocycles. The molecule has 72 valence electrons. The van der Waals surface area contributed by atoms with Crippen molar-refractivity contribution >= 4 is 22.7 Å². The highest BCUT2D eigenvalue weighted by atomic mass is 31.2. The van der Waals surface area contributed by atoms with Crippen LogP contribution in [0.2, 0.25) is 0 Å². The lowest BCUT2D eigenvalue weighted by Crippen LogP contribution is -2.08. The first-order valence-electron chi connectivity index (χ1n) is 3.33. The summed E-state index contributed by atoms with van der Waals surface area (Å²) in [6.45, 7) is 0. The summed E-state index contributed by atoms with van der Waals surface area (Å²) < 4.78 is 0.769. The minimum Gasteiger partial charge on any atom is -0.333 e. The molecule has 7 heteroatoms. The van der Waals surface area contributed by atoms with E-state index < -0.39 is 17.1 Å². The van der Waals surface area contributed by atoms with Gasteiger partial charge < -0.3 is 19.6 Å². The van der Waals surface area contributed by atoms with Crippen molar-refractivity contribution in [3.05, 3.63) is 30.3 Å². The van der Waals surface area contributed by atoms with Crippen molar-refractivity contribution in [2.45, 2.75) is 0 Å². The molecule has 0 aromatic heterocycles. The van der Waals surface area contributed by atoms with E-state index in [0.29, 0.717) is 5.69 Å². The first-order valence-corrected chi connectivity index (χ1v) is 5.73. The van der Waals surface area contributed by atoms with E-state index in [1.165, 1.54) is 0 Å². The molecule has 1 aromatic rings. The van der Waals surface area contributed by atoms with Gasteiger partial charge in [-0.15, -0.1) is 0 Å². The Bertz CT molecular complexity index is 248. The third-order valence-corrected chi connectivity index (χ3v) is 3.43. The van der Waals surface area contributed by atoms with Gasteiger partial charge in [-0.1, -0.05) is 18.2 Å². The lowest BCUT2D eigenvalue weighted by atomic mass is 10.3. The Kier molecular flexibility index (Phi) is 4.00. The first-order chi connectivity index (χ1) is 6.13. The van der Waals surface area contributed by atoms with E-state index in [1.54, 1.807) is 30.3 Å². The molecule has 0 aliphatic rings. The van der Waals surface area contributed by atoms with E-state index in [9.17, 15) is 0 Å². The molecule has 1 rings (SSSR count). The van der Waals surface area contributed by atoms with Crippen LogP contribution in [-0.2, 0) is 0 Å². The average Bonchev–Trinajstić information content (AvgIpc) is 2.04. The Hall–Kier alpha value is -0.280. The van der Waals surface area contributed by atoms with Gasteiger partial charge >= 0.3 is 0 Å². The van der Waals surface area contributed by atoms with E-state index in [0.717, 1.165) is 4.44 Å². The molecule has 0 spiro atoms. The van der Waals surface area contributed by atoms with Gasteiger partial charge in [0.25, 0.3) is 17.1 Å². The first kappa shape index (κ1) is 10.8. The highest BCUT2D eigenvalue weighted by molar-refractivity contribution is 7.66. The fourth-order valence-corrected chi connectivity index (χ4v) is 2.09. The van der Waals surface area contributed by atoms with E-state index in [-0.39, 0.29) is 0 Å². The Labute approximate surface area is 77.8 Å². The van der Waals surface area contributed by atoms with Gasteiger partial charge in [-0.05, 0) is 12.1 Å². The van der Waals surface area contributed by atoms with E-state index in [2.05, 4.69) is 0 Å². The van der Waals surface area contributed by atoms with Gasteiger partial charge in [0, 0.05) is 0 Å². The summed E-state index contributed by atoms with van der Waals surface area (Å²) in [6, 6.07) is 8.20. The Morgan fingerprint density at radius 2 is 1.31 bits per heavy atom. The average molecular weight is 221 g/mol. The quantitative estimate of drug-likeness (QED) is 0.570. The van der Waals surface area contributed by atoms with Crippen LogP contribution in [0.4, 0.5) is 5.69 Å². The molecule has 0 heterocycles. The molecule has 1 aromatic carbocycles. The molecule has 0 saturated heterocycles. The lowest BCUT2D eigenvalue weighted by Gasteiger charge is -2.24. The maximum atomic E-state index is 8.88. The van der Waals surface area contributed by atoms with Crippen LogP contribution in [0, 0.1) is 0 Å². The highest BCUT2D eigenvalue weighted by Crippen LogP contribution is 2.50. The number of hydrogen-bond acceptors (Lipinski definition) is 5. The van der Waals surface area contributed by atoms with Crippen LogP contribution in [0.15, 0.2) is 30.3 Å². The number of rotatable bonds is 3. The fraction of sp³-hybridized carbons (Fsp3) is 0. The predicted molar refractivity (Wildman–Crippen MR) is 51.6 cm³/mol. The second-order valence-corrected chi connectivity index (χ2v) is 4.35. The van der Waals surface area contributed by atoms with Crippen molar-refractivity contribution in [3.8, 4) is 0 Å². The van der Waals surface area contributed by atoms with Crippen LogP contribution < -0.4 is 4.44 Å². The molecule has 0 radical (unpaired) electrons. The van der Waals surface area contributed by atoms with Crippen molar-refractivity contribution < 1.29 is 19.6 Å². The molecule has 13 heavy (non-hydrogen) atoms. The Morgan fingerprint density at radius 3 is 1.69 bits per heavy atom. The van der Waals surface area contributed by atoms with Gasteiger partial charge in [-0.25, -0.2) is 4.44 Å². The van der Waals surface area contributed by atoms with Gasteiger partial charge in [-0.3, -0.25) is 0 Å². The summed E-state index contributed by atoms with van der Waals surface area (Å²) >= 11 is 0. The Balaban J connectivity index is 2.89. The number of hydrogen-bond donors (Lipinski definition) is 4. The molecule has 0 unspecified atom stereocenters. The van der Waals surface area contributed by atoms with Crippen LogP contribution in [-0.4, -0.2) is 19.6 Å². The topological polar surface area (TPSA) is 84.2 Å². The molecular formula is C6H9NO4P2. The molecule has 0 bridgehead atoms. The monoisotopic (exact) mass is 221 g/mol. The van der Waals surface area contributed by atoms with Gasteiger partial charge in [-0.2, -0.15) is 0 Å². The normalized spacial score (nSPS) is 10.9. The molecule has 0 atom stereocenters.